The molecular formula is C37H33Cl2N7O5. The van der Waals surface area contributed by atoms with Gasteiger partial charge in [0.25, 0.3) is 5.56 Å². The molecule has 0 saturated carbocycles. The van der Waals surface area contributed by atoms with E-state index in [4.69, 9.17) is 32.9 Å². The summed E-state index contributed by atoms with van der Waals surface area (Å²) in [5.41, 5.74) is 5.47. The minimum atomic E-state index is -0.948. The maximum atomic E-state index is 13.3. The smallest absolute Gasteiger partial charge is 0.326 e. The highest BCUT2D eigenvalue weighted by molar-refractivity contribution is 6.39. The van der Waals surface area contributed by atoms with Crippen LogP contribution in [0.2, 0.25) is 10.0 Å². The second-order valence-electron chi connectivity index (χ2n) is 12.3. The van der Waals surface area contributed by atoms with Gasteiger partial charge in [0.05, 0.1) is 28.4 Å². The lowest BCUT2D eigenvalue weighted by Crippen LogP contribution is -2.44. The van der Waals surface area contributed by atoms with Crippen LogP contribution in [0.5, 0.6) is 5.88 Å². The van der Waals surface area contributed by atoms with E-state index in [0.717, 1.165) is 17.5 Å². The largest absolute Gasteiger partial charge is 0.480 e. The van der Waals surface area contributed by atoms with Crippen molar-refractivity contribution in [1.82, 2.24) is 30.3 Å². The van der Waals surface area contributed by atoms with Crippen molar-refractivity contribution < 1.29 is 19.4 Å². The molecule has 0 aliphatic carbocycles. The van der Waals surface area contributed by atoms with Crippen LogP contribution in [0.1, 0.15) is 30.4 Å². The SMILES string of the molecule is COc1nc(-c2cccc(-c3cccc(-c4ccn5c(=O)c(CNC[C@@H]6CCC(=O)N6)cnc5c4)c3Cl)c2Cl)ccc1C1=NCC[C@@H](C(=O)O)N1. The molecule has 2 atom stereocenters. The Bertz CT molecular complexity index is 2270. The number of nitrogens with zero attached hydrogens (tertiary/aromatic N) is 4. The van der Waals surface area contributed by atoms with Crippen molar-refractivity contribution in [3.05, 3.63) is 105 Å². The quantitative estimate of drug-likeness (QED) is 0.156. The third kappa shape index (κ3) is 6.90. The zero-order valence-corrected chi connectivity index (χ0v) is 29.0. The van der Waals surface area contributed by atoms with Crippen molar-refractivity contribution in [3.8, 4) is 39.4 Å². The van der Waals surface area contributed by atoms with Crippen molar-refractivity contribution >= 4 is 46.6 Å². The number of carboxylic acid groups (broad SMARTS) is 1. The Balaban J connectivity index is 1.15. The molecule has 0 radical (unpaired) electrons. The number of amides is 1. The summed E-state index contributed by atoms with van der Waals surface area (Å²) in [7, 11) is 1.49. The number of benzene rings is 2. The van der Waals surface area contributed by atoms with Gasteiger partial charge >= 0.3 is 5.97 Å². The van der Waals surface area contributed by atoms with Crippen LogP contribution in [0.3, 0.4) is 0 Å². The summed E-state index contributed by atoms with van der Waals surface area (Å²) < 4.78 is 7.10. The van der Waals surface area contributed by atoms with Gasteiger partial charge in [-0.2, -0.15) is 0 Å². The fraction of sp³-hybridized carbons (Fsp3) is 0.243. The predicted octanol–water partition coefficient (Wildman–Crippen LogP) is 4.97. The van der Waals surface area contributed by atoms with E-state index >= 15 is 0 Å². The maximum absolute atomic E-state index is 13.3. The topological polar surface area (TPSA) is 159 Å². The van der Waals surface area contributed by atoms with Crippen molar-refractivity contribution in [1.29, 1.82) is 0 Å². The van der Waals surface area contributed by atoms with Gasteiger partial charge in [0, 0.05) is 72.3 Å². The molecule has 2 aromatic carbocycles. The minimum Gasteiger partial charge on any atom is -0.480 e. The van der Waals surface area contributed by atoms with Crippen LogP contribution in [0, 0.1) is 0 Å². The van der Waals surface area contributed by atoms with Gasteiger partial charge in [0.1, 0.15) is 17.5 Å². The summed E-state index contributed by atoms with van der Waals surface area (Å²) in [5, 5.41) is 19.5. The Morgan fingerprint density at radius 2 is 1.73 bits per heavy atom. The summed E-state index contributed by atoms with van der Waals surface area (Å²) in [5.74, 6) is -0.211. The van der Waals surface area contributed by atoms with Gasteiger partial charge in [-0.15, -0.1) is 0 Å². The van der Waals surface area contributed by atoms with E-state index in [2.05, 4.69) is 25.9 Å². The summed E-state index contributed by atoms with van der Waals surface area (Å²) in [6.07, 6.45) is 4.96. The fourth-order valence-electron chi connectivity index (χ4n) is 6.38. The molecule has 2 aliphatic rings. The number of methoxy groups -OCH3 is 1. The molecule has 4 N–H and O–H groups in total. The fourth-order valence-corrected chi connectivity index (χ4v) is 7.04. The first-order chi connectivity index (χ1) is 24.7. The number of halogens is 2. The number of ether oxygens (including phenoxy) is 1. The molecule has 14 heteroatoms. The van der Waals surface area contributed by atoms with E-state index < -0.39 is 12.0 Å². The summed E-state index contributed by atoms with van der Waals surface area (Å²) in [4.78, 5) is 50.0. The number of aromatic nitrogens is 3. The number of pyridine rings is 2. The normalized spacial score (nSPS) is 17.2. The molecule has 1 saturated heterocycles. The lowest BCUT2D eigenvalue weighted by molar-refractivity contribution is -0.139. The number of rotatable bonds is 10. The molecule has 1 fully saturated rings. The molecule has 12 nitrogen and oxygen atoms in total. The van der Waals surface area contributed by atoms with Gasteiger partial charge in [-0.1, -0.05) is 59.6 Å². The second-order valence-corrected chi connectivity index (χ2v) is 13.1. The van der Waals surface area contributed by atoms with Crippen molar-refractivity contribution in [2.45, 2.75) is 37.9 Å². The van der Waals surface area contributed by atoms with Crippen molar-refractivity contribution in [3.63, 3.8) is 0 Å². The predicted molar refractivity (Wildman–Crippen MR) is 196 cm³/mol. The van der Waals surface area contributed by atoms with Crippen LogP contribution in [0.15, 0.2) is 82.8 Å². The molecule has 0 bridgehead atoms. The molecule has 3 aromatic heterocycles. The van der Waals surface area contributed by atoms with E-state index in [0.29, 0.717) is 87.5 Å². The van der Waals surface area contributed by atoms with Gasteiger partial charge in [-0.3, -0.25) is 19.0 Å². The van der Waals surface area contributed by atoms with Crippen LogP contribution in [-0.4, -0.2) is 69.5 Å². The van der Waals surface area contributed by atoms with Gasteiger partial charge in [0.15, 0.2) is 0 Å². The van der Waals surface area contributed by atoms with Crippen molar-refractivity contribution in [2.75, 3.05) is 20.2 Å². The number of aliphatic imine (C=N–C) groups is 1. The Labute approximate surface area is 302 Å². The van der Waals surface area contributed by atoms with Crippen LogP contribution < -0.4 is 26.2 Å². The summed E-state index contributed by atoms with van der Waals surface area (Å²) in [6, 6.07) is 17.8. The molecule has 2 aliphatic heterocycles. The van der Waals surface area contributed by atoms with Gasteiger partial charge in [-0.25, -0.2) is 14.8 Å². The average Bonchev–Trinajstić information content (AvgIpc) is 3.57. The summed E-state index contributed by atoms with van der Waals surface area (Å²) in [6.45, 7) is 1.29. The second kappa shape index (κ2) is 14.5. The lowest BCUT2D eigenvalue weighted by atomic mass is 9.97. The minimum absolute atomic E-state index is 0.0521. The number of nitrogens with one attached hydrogen (secondary N) is 3. The first-order valence-electron chi connectivity index (χ1n) is 16.4. The van der Waals surface area contributed by atoms with Crippen LogP contribution >= 0.6 is 23.2 Å². The van der Waals surface area contributed by atoms with Crippen LogP contribution in [-0.2, 0) is 16.1 Å². The first-order valence-corrected chi connectivity index (χ1v) is 17.1. The number of amidine groups is 1. The lowest BCUT2D eigenvalue weighted by Gasteiger charge is -2.22. The molecule has 51 heavy (non-hydrogen) atoms. The standard InChI is InChI=1S/C37H33Cl2N7O5/c1-51-35-27(34-41-14-12-29(44-34)37(49)50)9-10-28(45-35)26-7-3-6-25(33(26)39)24-5-2-4-23(32(24)38)20-13-15-46-30(16-20)42-18-21(36(46)48)17-40-19-22-8-11-31(47)43-22/h2-7,9-10,13,15-16,18,22,29,40H,8,11-12,14,17,19H2,1H3,(H,41,44)(H,43,47)(H,49,50)/t22-,29-/m0/s1. The Hall–Kier alpha value is -5.30. The van der Waals surface area contributed by atoms with Gasteiger partial charge < -0.3 is 25.8 Å². The Morgan fingerprint density at radius 1 is 0.980 bits per heavy atom. The molecule has 5 aromatic rings. The number of hydrogen-bond acceptors (Lipinski definition) is 9. The van der Waals surface area contributed by atoms with E-state index in [9.17, 15) is 19.5 Å². The summed E-state index contributed by atoms with van der Waals surface area (Å²) >= 11 is 14.1. The molecule has 260 valence electrons. The highest BCUT2D eigenvalue weighted by Gasteiger charge is 2.26. The zero-order chi connectivity index (χ0) is 35.6. The highest BCUT2D eigenvalue weighted by Crippen LogP contribution is 2.42. The van der Waals surface area contributed by atoms with E-state index in [1.807, 2.05) is 48.5 Å². The number of carboxylic acids is 1. The number of fused-ring (bicyclic) bond motifs is 1. The monoisotopic (exact) mass is 725 g/mol. The third-order valence-electron chi connectivity index (χ3n) is 9.05. The zero-order valence-electron chi connectivity index (χ0n) is 27.5. The van der Waals surface area contributed by atoms with Crippen molar-refractivity contribution in [2.24, 2.45) is 4.99 Å². The average molecular weight is 727 g/mol. The van der Waals surface area contributed by atoms with E-state index in [1.54, 1.807) is 24.5 Å². The molecule has 7 rings (SSSR count). The third-order valence-corrected chi connectivity index (χ3v) is 9.87. The molecule has 0 spiro atoms. The van der Waals surface area contributed by atoms with Crippen LogP contribution in [0.4, 0.5) is 0 Å². The number of aliphatic carboxylic acids is 1. The molecule has 1 amide bonds. The maximum Gasteiger partial charge on any atom is 0.326 e. The Kier molecular flexibility index (Phi) is 9.72. The molecule has 0 unspecified atom stereocenters. The number of carbonyl (C=O) groups is 2. The first kappa shape index (κ1) is 34.2. The Morgan fingerprint density at radius 3 is 2.45 bits per heavy atom. The number of hydrogen-bond donors (Lipinski definition) is 4. The molecule has 5 heterocycles. The molecular weight excluding hydrogens is 693 g/mol. The van der Waals surface area contributed by atoms with Crippen LogP contribution in [0.25, 0.3) is 39.2 Å². The highest BCUT2D eigenvalue weighted by atomic mass is 35.5. The van der Waals surface area contributed by atoms with E-state index in [1.165, 1.54) is 11.5 Å². The van der Waals surface area contributed by atoms with Gasteiger partial charge in [0.2, 0.25) is 11.8 Å². The number of carbonyl (C=O) groups excluding carboxylic acids is 1. The van der Waals surface area contributed by atoms with Gasteiger partial charge in [-0.05, 0) is 42.7 Å². The van der Waals surface area contributed by atoms with E-state index in [-0.39, 0.29) is 23.4 Å².